The summed E-state index contributed by atoms with van der Waals surface area (Å²) in [5, 5.41) is 3.15. The van der Waals surface area contributed by atoms with E-state index >= 15 is 0 Å². The molecule has 0 radical (unpaired) electrons. The highest BCUT2D eigenvalue weighted by Crippen LogP contribution is 2.35. The largest absolute Gasteiger partial charge is 0.495 e. The minimum absolute atomic E-state index is 0.269. The number of methoxy groups -OCH3 is 2. The Morgan fingerprint density at radius 2 is 1.79 bits per heavy atom. The summed E-state index contributed by atoms with van der Waals surface area (Å²) in [4.78, 5) is 12.1. The predicted molar refractivity (Wildman–Crippen MR) is 98.0 cm³/mol. The molecule has 24 heavy (non-hydrogen) atoms. The van der Waals surface area contributed by atoms with Crippen LogP contribution in [0.5, 0.6) is 11.5 Å². The number of halogens is 1. The van der Waals surface area contributed by atoms with Gasteiger partial charge in [-0.05, 0) is 29.7 Å². The standard InChI is InChI=1S/C19H20ClNO3/c1-4-13-5-7-14(8-6-13)9-10-19(22)21-16-11-15(20)17(23-2)12-18(16)24-3/h5-12H,4H2,1-3H3,(H,21,22)/b10-9+. The van der Waals surface area contributed by atoms with E-state index in [0.717, 1.165) is 12.0 Å². The van der Waals surface area contributed by atoms with E-state index in [1.807, 2.05) is 24.3 Å². The second-order valence-corrected chi connectivity index (χ2v) is 5.51. The molecule has 0 spiro atoms. The maximum Gasteiger partial charge on any atom is 0.248 e. The fraction of sp³-hybridized carbons (Fsp3) is 0.211. The first-order valence-electron chi connectivity index (χ1n) is 7.57. The van der Waals surface area contributed by atoms with Crippen molar-refractivity contribution in [1.29, 1.82) is 0 Å². The number of hydrogen-bond donors (Lipinski definition) is 1. The van der Waals surface area contributed by atoms with Gasteiger partial charge in [0.15, 0.2) is 0 Å². The molecule has 0 heterocycles. The fourth-order valence-corrected chi connectivity index (χ4v) is 2.41. The molecule has 0 aliphatic carbocycles. The number of carbonyl (C=O) groups is 1. The molecule has 2 aromatic carbocycles. The van der Waals surface area contributed by atoms with Crippen LogP contribution in [-0.4, -0.2) is 20.1 Å². The maximum absolute atomic E-state index is 12.1. The minimum atomic E-state index is -0.269. The molecule has 0 fully saturated rings. The molecule has 0 bridgehead atoms. The Kier molecular flexibility index (Phi) is 6.27. The first-order chi connectivity index (χ1) is 11.6. The van der Waals surface area contributed by atoms with Gasteiger partial charge in [0.05, 0.1) is 24.9 Å². The molecule has 0 saturated heterocycles. The van der Waals surface area contributed by atoms with Crippen molar-refractivity contribution < 1.29 is 14.3 Å². The molecule has 1 N–H and O–H groups in total. The third-order valence-electron chi connectivity index (χ3n) is 3.55. The third kappa shape index (κ3) is 4.52. The molecular weight excluding hydrogens is 326 g/mol. The highest BCUT2D eigenvalue weighted by molar-refractivity contribution is 6.32. The van der Waals surface area contributed by atoms with Gasteiger partial charge in [0.2, 0.25) is 5.91 Å². The van der Waals surface area contributed by atoms with Crippen LogP contribution in [0.4, 0.5) is 5.69 Å². The average molecular weight is 346 g/mol. The van der Waals surface area contributed by atoms with Gasteiger partial charge in [0.25, 0.3) is 0 Å². The Labute approximate surface area is 147 Å². The van der Waals surface area contributed by atoms with Gasteiger partial charge in [-0.15, -0.1) is 0 Å². The van der Waals surface area contributed by atoms with Crippen LogP contribution in [0.3, 0.4) is 0 Å². The van der Waals surface area contributed by atoms with Crippen LogP contribution in [0.25, 0.3) is 6.08 Å². The zero-order chi connectivity index (χ0) is 17.5. The molecule has 0 aliphatic rings. The van der Waals surface area contributed by atoms with Crippen LogP contribution in [-0.2, 0) is 11.2 Å². The molecule has 126 valence electrons. The van der Waals surface area contributed by atoms with E-state index in [-0.39, 0.29) is 5.91 Å². The van der Waals surface area contributed by atoms with E-state index in [1.54, 1.807) is 18.2 Å². The molecule has 2 aromatic rings. The monoisotopic (exact) mass is 345 g/mol. The summed E-state index contributed by atoms with van der Waals surface area (Å²) in [5.74, 6) is 0.692. The zero-order valence-corrected chi connectivity index (χ0v) is 14.7. The maximum atomic E-state index is 12.1. The van der Waals surface area contributed by atoms with Crippen LogP contribution in [0.1, 0.15) is 18.1 Å². The van der Waals surface area contributed by atoms with E-state index in [0.29, 0.717) is 22.2 Å². The van der Waals surface area contributed by atoms with Crippen molar-refractivity contribution in [2.24, 2.45) is 0 Å². The van der Waals surface area contributed by atoms with E-state index < -0.39 is 0 Å². The lowest BCUT2D eigenvalue weighted by Crippen LogP contribution is -2.09. The Morgan fingerprint density at radius 1 is 1.12 bits per heavy atom. The second kappa shape index (κ2) is 8.41. The van der Waals surface area contributed by atoms with Crippen molar-refractivity contribution in [3.05, 3.63) is 58.6 Å². The summed E-state index contributed by atoms with van der Waals surface area (Å²) in [6, 6.07) is 11.3. The van der Waals surface area contributed by atoms with E-state index in [4.69, 9.17) is 21.1 Å². The van der Waals surface area contributed by atoms with Gasteiger partial charge in [-0.3, -0.25) is 4.79 Å². The fourth-order valence-electron chi connectivity index (χ4n) is 2.17. The number of rotatable bonds is 6. The lowest BCUT2D eigenvalue weighted by atomic mass is 10.1. The smallest absolute Gasteiger partial charge is 0.248 e. The molecule has 4 nitrogen and oxygen atoms in total. The highest BCUT2D eigenvalue weighted by atomic mass is 35.5. The number of carbonyl (C=O) groups excluding carboxylic acids is 1. The summed E-state index contributed by atoms with van der Waals surface area (Å²) < 4.78 is 10.4. The summed E-state index contributed by atoms with van der Waals surface area (Å²) in [7, 11) is 3.04. The molecule has 0 aliphatic heterocycles. The predicted octanol–water partition coefficient (Wildman–Crippen LogP) is 4.57. The Hall–Kier alpha value is -2.46. The molecule has 5 heteroatoms. The summed E-state index contributed by atoms with van der Waals surface area (Å²) >= 11 is 6.09. The normalized spacial score (nSPS) is 10.7. The topological polar surface area (TPSA) is 47.6 Å². The lowest BCUT2D eigenvalue weighted by molar-refractivity contribution is -0.111. The number of ether oxygens (including phenoxy) is 2. The molecule has 0 unspecified atom stereocenters. The molecular formula is C19H20ClNO3. The van der Waals surface area contributed by atoms with E-state index in [2.05, 4.69) is 12.2 Å². The highest BCUT2D eigenvalue weighted by Gasteiger charge is 2.11. The van der Waals surface area contributed by atoms with Crippen molar-refractivity contribution >= 4 is 29.3 Å². The molecule has 0 atom stereocenters. The number of amides is 1. The minimum Gasteiger partial charge on any atom is -0.495 e. The molecule has 2 rings (SSSR count). The first-order valence-corrected chi connectivity index (χ1v) is 7.94. The van der Waals surface area contributed by atoms with Crippen molar-refractivity contribution in [1.82, 2.24) is 0 Å². The lowest BCUT2D eigenvalue weighted by Gasteiger charge is -2.12. The zero-order valence-electron chi connectivity index (χ0n) is 13.9. The number of anilines is 1. The van der Waals surface area contributed by atoms with Gasteiger partial charge in [0.1, 0.15) is 11.5 Å². The average Bonchev–Trinajstić information content (AvgIpc) is 2.60. The van der Waals surface area contributed by atoms with Gasteiger partial charge in [0, 0.05) is 12.1 Å². The van der Waals surface area contributed by atoms with E-state index in [1.165, 1.54) is 25.9 Å². The van der Waals surface area contributed by atoms with Crippen molar-refractivity contribution in [3.8, 4) is 11.5 Å². The summed E-state index contributed by atoms with van der Waals surface area (Å²) in [6.07, 6.45) is 4.22. The third-order valence-corrected chi connectivity index (χ3v) is 3.84. The summed E-state index contributed by atoms with van der Waals surface area (Å²) in [6.45, 7) is 2.10. The number of hydrogen-bond acceptors (Lipinski definition) is 3. The SMILES string of the molecule is CCc1ccc(/C=C/C(=O)Nc2cc(Cl)c(OC)cc2OC)cc1. The van der Waals surface area contributed by atoms with Crippen LogP contribution < -0.4 is 14.8 Å². The summed E-state index contributed by atoms with van der Waals surface area (Å²) in [5.41, 5.74) is 2.70. The van der Waals surface area contributed by atoms with Gasteiger partial charge >= 0.3 is 0 Å². The number of benzene rings is 2. The number of aryl methyl sites for hydroxylation is 1. The quantitative estimate of drug-likeness (QED) is 0.780. The van der Waals surface area contributed by atoms with Gasteiger partial charge in [-0.1, -0.05) is 42.8 Å². The Bertz CT molecular complexity index is 739. The number of nitrogens with one attached hydrogen (secondary N) is 1. The second-order valence-electron chi connectivity index (χ2n) is 5.10. The van der Waals surface area contributed by atoms with Gasteiger partial charge in [-0.2, -0.15) is 0 Å². The van der Waals surface area contributed by atoms with Crippen LogP contribution in [0, 0.1) is 0 Å². The Balaban J connectivity index is 2.11. The van der Waals surface area contributed by atoms with Gasteiger partial charge in [-0.25, -0.2) is 0 Å². The van der Waals surface area contributed by atoms with Crippen molar-refractivity contribution in [3.63, 3.8) is 0 Å². The van der Waals surface area contributed by atoms with Crippen LogP contribution in [0.15, 0.2) is 42.5 Å². The van der Waals surface area contributed by atoms with Gasteiger partial charge < -0.3 is 14.8 Å². The van der Waals surface area contributed by atoms with Crippen LogP contribution >= 0.6 is 11.6 Å². The molecule has 1 amide bonds. The van der Waals surface area contributed by atoms with E-state index in [9.17, 15) is 4.79 Å². The van der Waals surface area contributed by atoms with Crippen LogP contribution in [0.2, 0.25) is 5.02 Å². The van der Waals surface area contributed by atoms with Crippen molar-refractivity contribution in [2.45, 2.75) is 13.3 Å². The Morgan fingerprint density at radius 3 is 2.38 bits per heavy atom. The van der Waals surface area contributed by atoms with Crippen molar-refractivity contribution in [2.75, 3.05) is 19.5 Å². The molecule has 0 saturated carbocycles. The molecule has 0 aromatic heterocycles. The first kappa shape index (κ1) is 17.9.